The van der Waals surface area contributed by atoms with E-state index in [0.717, 1.165) is 11.1 Å². The number of carboxylic acids is 2. The summed E-state index contributed by atoms with van der Waals surface area (Å²) in [6.07, 6.45) is -2.46. The molecule has 14 heteroatoms. The molecule has 0 heterocycles. The maximum atomic E-state index is 11.7. The molecule has 2 aromatic rings. The number of amides is 3. The highest BCUT2D eigenvalue weighted by Gasteiger charge is 2.23. The minimum atomic E-state index is -1.33. The van der Waals surface area contributed by atoms with Gasteiger partial charge >= 0.3 is 30.2 Å². The van der Waals surface area contributed by atoms with Gasteiger partial charge in [0.15, 0.2) is 0 Å². The SMILES string of the molecule is CC(C)(C)OC(=O)NC[C@@H](NC(=O)OCc1ccccc1)C(=O)O.NC[C@@H](NC(=O)OCc1ccccc1)C(=O)O. The van der Waals surface area contributed by atoms with Gasteiger partial charge in [0.25, 0.3) is 0 Å². The Balaban J connectivity index is 0.000000435. The number of ether oxygens (including phenoxy) is 3. The van der Waals surface area contributed by atoms with Crippen LogP contribution in [0.25, 0.3) is 0 Å². The van der Waals surface area contributed by atoms with E-state index in [1.807, 2.05) is 24.3 Å². The van der Waals surface area contributed by atoms with Crippen molar-refractivity contribution in [3.63, 3.8) is 0 Å². The van der Waals surface area contributed by atoms with Crippen molar-refractivity contribution >= 4 is 30.2 Å². The molecule has 0 aromatic heterocycles. The van der Waals surface area contributed by atoms with Gasteiger partial charge in [0.2, 0.25) is 0 Å². The van der Waals surface area contributed by atoms with Crippen molar-refractivity contribution in [2.24, 2.45) is 5.73 Å². The second-order valence-corrected chi connectivity index (χ2v) is 9.31. The molecule has 0 saturated carbocycles. The first kappa shape index (κ1) is 34.2. The van der Waals surface area contributed by atoms with Crippen LogP contribution in [0.2, 0.25) is 0 Å². The van der Waals surface area contributed by atoms with E-state index in [1.54, 1.807) is 57.2 Å². The highest BCUT2D eigenvalue weighted by molar-refractivity contribution is 5.81. The third-order valence-electron chi connectivity index (χ3n) is 4.69. The van der Waals surface area contributed by atoms with Gasteiger partial charge in [0.1, 0.15) is 30.9 Å². The van der Waals surface area contributed by atoms with Crippen LogP contribution >= 0.6 is 0 Å². The van der Waals surface area contributed by atoms with E-state index < -0.39 is 47.9 Å². The van der Waals surface area contributed by atoms with E-state index in [4.69, 9.17) is 30.2 Å². The Morgan fingerprint density at radius 3 is 1.51 bits per heavy atom. The number of nitrogens with one attached hydrogen (secondary N) is 3. The Labute approximate surface area is 237 Å². The fourth-order valence-electron chi connectivity index (χ4n) is 2.74. The molecule has 0 aliphatic heterocycles. The van der Waals surface area contributed by atoms with Crippen molar-refractivity contribution in [3.8, 4) is 0 Å². The van der Waals surface area contributed by atoms with Crippen LogP contribution in [0.15, 0.2) is 60.7 Å². The molecular weight excluding hydrogens is 540 g/mol. The van der Waals surface area contributed by atoms with E-state index in [2.05, 4.69) is 16.0 Å². The zero-order valence-corrected chi connectivity index (χ0v) is 23.0. The van der Waals surface area contributed by atoms with Gasteiger partial charge in [-0.3, -0.25) is 0 Å². The highest BCUT2D eigenvalue weighted by Crippen LogP contribution is 2.06. The summed E-state index contributed by atoms with van der Waals surface area (Å²) in [5, 5.41) is 24.4. The second-order valence-electron chi connectivity index (χ2n) is 9.31. The minimum Gasteiger partial charge on any atom is -0.480 e. The molecular formula is C27H36N4O10. The summed E-state index contributed by atoms with van der Waals surface area (Å²) < 4.78 is 14.8. The lowest BCUT2D eigenvalue weighted by Crippen LogP contribution is -2.49. The number of carboxylic acid groups (broad SMARTS) is 2. The fraction of sp³-hybridized carbons (Fsp3) is 0.370. The summed E-state index contributed by atoms with van der Waals surface area (Å²) in [5.74, 6) is -2.49. The lowest BCUT2D eigenvalue weighted by Gasteiger charge is -2.21. The molecule has 0 saturated heterocycles. The molecule has 41 heavy (non-hydrogen) atoms. The number of nitrogens with two attached hydrogens (primary N) is 1. The van der Waals surface area contributed by atoms with Gasteiger partial charge in [-0.1, -0.05) is 60.7 Å². The quantitative estimate of drug-likeness (QED) is 0.213. The molecule has 2 aromatic carbocycles. The second kappa shape index (κ2) is 17.7. The number of hydrogen-bond acceptors (Lipinski definition) is 9. The van der Waals surface area contributed by atoms with Crippen LogP contribution in [0.1, 0.15) is 31.9 Å². The number of alkyl carbamates (subject to hydrolysis) is 3. The number of benzene rings is 2. The van der Waals surface area contributed by atoms with Crippen LogP contribution < -0.4 is 21.7 Å². The van der Waals surface area contributed by atoms with Crippen LogP contribution in [0.5, 0.6) is 0 Å². The van der Waals surface area contributed by atoms with Crippen molar-refractivity contribution in [1.29, 1.82) is 0 Å². The molecule has 0 unspecified atom stereocenters. The fourth-order valence-corrected chi connectivity index (χ4v) is 2.74. The van der Waals surface area contributed by atoms with Gasteiger partial charge < -0.3 is 46.1 Å². The Kier molecular flexibility index (Phi) is 14.7. The van der Waals surface area contributed by atoms with Crippen molar-refractivity contribution < 1.29 is 48.4 Å². The van der Waals surface area contributed by atoms with Crippen LogP contribution in [0.4, 0.5) is 14.4 Å². The van der Waals surface area contributed by atoms with Crippen molar-refractivity contribution in [1.82, 2.24) is 16.0 Å². The maximum Gasteiger partial charge on any atom is 0.408 e. The Bertz CT molecular complexity index is 1120. The van der Waals surface area contributed by atoms with Gasteiger partial charge in [-0.15, -0.1) is 0 Å². The molecule has 2 atom stereocenters. The van der Waals surface area contributed by atoms with Crippen LogP contribution in [-0.4, -0.2) is 71.2 Å². The minimum absolute atomic E-state index is 0.0124. The maximum absolute atomic E-state index is 11.7. The zero-order valence-electron chi connectivity index (χ0n) is 23.0. The Morgan fingerprint density at radius 2 is 1.15 bits per heavy atom. The van der Waals surface area contributed by atoms with E-state index in [1.165, 1.54) is 0 Å². The first-order valence-corrected chi connectivity index (χ1v) is 12.4. The third kappa shape index (κ3) is 16.0. The molecule has 0 aliphatic rings. The molecule has 0 spiro atoms. The lowest BCUT2D eigenvalue weighted by atomic mass is 10.2. The van der Waals surface area contributed by atoms with Crippen LogP contribution in [0, 0.1) is 0 Å². The number of hydrogen-bond donors (Lipinski definition) is 6. The molecule has 14 nitrogen and oxygen atoms in total. The third-order valence-corrected chi connectivity index (χ3v) is 4.69. The summed E-state index contributed by atoms with van der Waals surface area (Å²) in [4.78, 5) is 56.1. The normalized spacial score (nSPS) is 11.8. The summed E-state index contributed by atoms with van der Waals surface area (Å²) in [7, 11) is 0. The van der Waals surface area contributed by atoms with Crippen LogP contribution in [0.3, 0.4) is 0 Å². The van der Waals surface area contributed by atoms with Gasteiger partial charge in [0.05, 0.1) is 6.54 Å². The van der Waals surface area contributed by atoms with E-state index in [0.29, 0.717) is 0 Å². The van der Waals surface area contributed by atoms with E-state index in [-0.39, 0.29) is 26.3 Å². The van der Waals surface area contributed by atoms with Gasteiger partial charge in [-0.05, 0) is 31.9 Å². The topological polar surface area (TPSA) is 216 Å². The first-order chi connectivity index (χ1) is 19.3. The predicted octanol–water partition coefficient (Wildman–Crippen LogP) is 2.22. The number of carbonyl (C=O) groups is 5. The number of rotatable bonds is 11. The Hall–Kier alpha value is -4.85. The smallest absolute Gasteiger partial charge is 0.408 e. The molecule has 0 aliphatic carbocycles. The monoisotopic (exact) mass is 576 g/mol. The largest absolute Gasteiger partial charge is 0.480 e. The lowest BCUT2D eigenvalue weighted by molar-refractivity contribution is -0.140. The molecule has 3 amide bonds. The van der Waals surface area contributed by atoms with E-state index in [9.17, 15) is 24.0 Å². The van der Waals surface area contributed by atoms with Crippen molar-refractivity contribution in [2.45, 2.75) is 51.7 Å². The molecule has 224 valence electrons. The predicted molar refractivity (Wildman–Crippen MR) is 146 cm³/mol. The average Bonchev–Trinajstić information content (AvgIpc) is 2.92. The molecule has 2 rings (SSSR count). The van der Waals surface area contributed by atoms with E-state index >= 15 is 0 Å². The molecule has 0 bridgehead atoms. The highest BCUT2D eigenvalue weighted by atomic mass is 16.6. The molecule has 0 radical (unpaired) electrons. The van der Waals surface area contributed by atoms with Gasteiger partial charge in [0, 0.05) is 6.54 Å². The van der Waals surface area contributed by atoms with Crippen molar-refractivity contribution in [2.75, 3.05) is 13.1 Å². The summed E-state index contributed by atoms with van der Waals surface area (Å²) in [6, 6.07) is 15.6. The Morgan fingerprint density at radius 1 is 0.732 bits per heavy atom. The summed E-state index contributed by atoms with van der Waals surface area (Å²) >= 11 is 0. The van der Waals surface area contributed by atoms with Gasteiger partial charge in [-0.2, -0.15) is 0 Å². The van der Waals surface area contributed by atoms with Gasteiger partial charge in [-0.25, -0.2) is 24.0 Å². The van der Waals surface area contributed by atoms with Crippen molar-refractivity contribution in [3.05, 3.63) is 71.8 Å². The van der Waals surface area contributed by atoms with Crippen LogP contribution in [-0.2, 0) is 37.0 Å². The zero-order chi connectivity index (χ0) is 30.8. The first-order valence-electron chi connectivity index (χ1n) is 12.4. The average molecular weight is 577 g/mol. The standard InChI is InChI=1S/C16H22N2O6.C11H14N2O4/c1-16(2,3)24-14(21)17-9-12(13(19)20)18-15(22)23-10-11-7-5-4-6-8-11;12-6-9(10(14)15)13-11(16)17-7-8-4-2-1-3-5-8/h4-8,12H,9-10H2,1-3H3,(H,17,21)(H,18,22)(H,19,20);1-5,9H,6-7,12H2,(H,13,16)(H,14,15)/t12-;9-/m11/s1. The number of carbonyl (C=O) groups excluding carboxylic acids is 3. The summed E-state index contributed by atoms with van der Waals surface area (Å²) in [6.45, 7) is 4.63. The molecule has 0 fully saturated rings. The number of aliphatic carboxylic acids is 2. The summed E-state index contributed by atoms with van der Waals surface area (Å²) in [5.41, 5.74) is 6.07. The molecule has 7 N–H and O–H groups in total.